The SMILES string of the molecule is CCCc1nc2c(n1CC1(N(C)C)CCCC1)CCNC2. The van der Waals surface area contributed by atoms with Crippen LogP contribution in [0.25, 0.3) is 0 Å². The van der Waals surface area contributed by atoms with E-state index >= 15 is 0 Å². The Morgan fingerprint density at radius 2 is 2.05 bits per heavy atom. The molecule has 3 rings (SSSR count). The molecule has 0 aromatic carbocycles. The molecule has 0 radical (unpaired) electrons. The molecule has 2 heterocycles. The van der Waals surface area contributed by atoms with Crippen LogP contribution in [0, 0.1) is 0 Å². The summed E-state index contributed by atoms with van der Waals surface area (Å²) in [5.41, 5.74) is 3.16. The molecule has 21 heavy (non-hydrogen) atoms. The predicted octanol–water partition coefficient (Wildman–Crippen LogP) is 2.36. The largest absolute Gasteiger partial charge is 0.330 e. The second kappa shape index (κ2) is 6.09. The molecule has 1 aromatic rings. The lowest BCUT2D eigenvalue weighted by Gasteiger charge is -2.38. The molecule has 0 bridgehead atoms. The number of hydrogen-bond donors (Lipinski definition) is 1. The standard InChI is InChI=1S/C17H30N4/c1-4-7-16-19-14-12-18-11-8-15(14)21(16)13-17(20(2)3)9-5-6-10-17/h18H,4-13H2,1-3H3. The normalized spacial score (nSPS) is 21.0. The molecule has 1 aliphatic heterocycles. The first-order valence-corrected chi connectivity index (χ1v) is 8.61. The molecule has 0 saturated heterocycles. The Morgan fingerprint density at radius 1 is 1.29 bits per heavy atom. The van der Waals surface area contributed by atoms with E-state index in [0.29, 0.717) is 5.54 Å². The second-order valence-electron chi connectivity index (χ2n) is 7.01. The van der Waals surface area contributed by atoms with Gasteiger partial charge in [-0.2, -0.15) is 0 Å². The molecule has 1 aliphatic carbocycles. The third-order valence-electron chi connectivity index (χ3n) is 5.47. The molecule has 1 saturated carbocycles. The number of fused-ring (bicyclic) bond motifs is 1. The highest BCUT2D eigenvalue weighted by Gasteiger charge is 2.37. The molecular formula is C17H30N4. The van der Waals surface area contributed by atoms with Gasteiger partial charge in [0.05, 0.1) is 5.69 Å². The van der Waals surface area contributed by atoms with Crippen LogP contribution in [0.3, 0.4) is 0 Å². The van der Waals surface area contributed by atoms with Gasteiger partial charge < -0.3 is 14.8 Å². The fraction of sp³-hybridized carbons (Fsp3) is 0.824. The summed E-state index contributed by atoms with van der Waals surface area (Å²) >= 11 is 0. The summed E-state index contributed by atoms with van der Waals surface area (Å²) in [4.78, 5) is 7.43. The minimum Gasteiger partial charge on any atom is -0.330 e. The lowest BCUT2D eigenvalue weighted by Crippen LogP contribution is -2.46. The number of imidazole rings is 1. The van der Waals surface area contributed by atoms with Crippen molar-refractivity contribution in [3.63, 3.8) is 0 Å². The van der Waals surface area contributed by atoms with Crippen molar-refractivity contribution in [2.45, 2.75) is 70.5 Å². The van der Waals surface area contributed by atoms with E-state index in [2.05, 4.69) is 35.8 Å². The third kappa shape index (κ3) is 2.76. The molecule has 0 spiro atoms. The van der Waals surface area contributed by atoms with Gasteiger partial charge in [0.15, 0.2) is 0 Å². The zero-order chi connectivity index (χ0) is 14.9. The van der Waals surface area contributed by atoms with Crippen molar-refractivity contribution in [1.29, 1.82) is 0 Å². The van der Waals surface area contributed by atoms with Crippen molar-refractivity contribution in [3.8, 4) is 0 Å². The van der Waals surface area contributed by atoms with Gasteiger partial charge in [0.1, 0.15) is 5.82 Å². The predicted molar refractivity (Wildman–Crippen MR) is 86.5 cm³/mol. The molecule has 0 unspecified atom stereocenters. The Morgan fingerprint density at radius 3 is 2.71 bits per heavy atom. The molecule has 1 fully saturated rings. The van der Waals surface area contributed by atoms with E-state index in [1.807, 2.05) is 0 Å². The monoisotopic (exact) mass is 290 g/mol. The van der Waals surface area contributed by atoms with Crippen LogP contribution in [-0.4, -0.2) is 40.6 Å². The average molecular weight is 290 g/mol. The van der Waals surface area contributed by atoms with Crippen LogP contribution >= 0.6 is 0 Å². The molecule has 2 aliphatic rings. The Hall–Kier alpha value is -0.870. The quantitative estimate of drug-likeness (QED) is 0.903. The van der Waals surface area contributed by atoms with Gasteiger partial charge in [-0.3, -0.25) is 0 Å². The second-order valence-corrected chi connectivity index (χ2v) is 7.01. The van der Waals surface area contributed by atoms with Crippen LogP contribution < -0.4 is 5.32 Å². The zero-order valence-corrected chi connectivity index (χ0v) is 13.9. The fourth-order valence-corrected chi connectivity index (χ4v) is 4.10. The lowest BCUT2D eigenvalue weighted by atomic mass is 9.95. The van der Waals surface area contributed by atoms with Crippen molar-refractivity contribution in [2.75, 3.05) is 20.6 Å². The summed E-state index contributed by atoms with van der Waals surface area (Å²) in [7, 11) is 4.52. The number of nitrogens with one attached hydrogen (secondary N) is 1. The minimum absolute atomic E-state index is 0.349. The molecule has 118 valence electrons. The van der Waals surface area contributed by atoms with E-state index in [4.69, 9.17) is 4.98 Å². The third-order valence-corrected chi connectivity index (χ3v) is 5.47. The molecule has 0 atom stereocenters. The Balaban J connectivity index is 1.94. The van der Waals surface area contributed by atoms with Gasteiger partial charge in [-0.25, -0.2) is 4.98 Å². The number of likely N-dealkylation sites (N-methyl/N-ethyl adjacent to an activating group) is 1. The summed E-state index contributed by atoms with van der Waals surface area (Å²) in [6, 6.07) is 0. The van der Waals surface area contributed by atoms with Gasteiger partial charge in [0.25, 0.3) is 0 Å². The average Bonchev–Trinajstić information content (AvgIpc) is 3.07. The van der Waals surface area contributed by atoms with Gasteiger partial charge in [-0.1, -0.05) is 19.8 Å². The summed E-state index contributed by atoms with van der Waals surface area (Å²) in [6.07, 6.45) is 8.83. The Bertz CT molecular complexity index is 483. The highest BCUT2D eigenvalue weighted by atomic mass is 15.2. The molecule has 4 nitrogen and oxygen atoms in total. The van der Waals surface area contributed by atoms with E-state index in [0.717, 1.165) is 32.5 Å². The first kappa shape index (κ1) is 15.0. The highest BCUT2D eigenvalue weighted by molar-refractivity contribution is 5.21. The minimum atomic E-state index is 0.349. The van der Waals surface area contributed by atoms with Crippen molar-refractivity contribution < 1.29 is 0 Å². The zero-order valence-electron chi connectivity index (χ0n) is 13.9. The van der Waals surface area contributed by atoms with Gasteiger partial charge in [0, 0.05) is 43.7 Å². The topological polar surface area (TPSA) is 33.1 Å². The lowest BCUT2D eigenvalue weighted by molar-refractivity contribution is 0.131. The van der Waals surface area contributed by atoms with Gasteiger partial charge in [-0.15, -0.1) is 0 Å². The summed E-state index contributed by atoms with van der Waals surface area (Å²) < 4.78 is 2.59. The van der Waals surface area contributed by atoms with Crippen molar-refractivity contribution in [2.24, 2.45) is 0 Å². The first-order valence-electron chi connectivity index (χ1n) is 8.61. The summed E-state index contributed by atoms with van der Waals surface area (Å²) in [6.45, 7) is 5.44. The number of rotatable bonds is 5. The summed E-state index contributed by atoms with van der Waals surface area (Å²) in [5, 5.41) is 3.46. The molecule has 0 amide bonds. The summed E-state index contributed by atoms with van der Waals surface area (Å²) in [5.74, 6) is 1.32. The van der Waals surface area contributed by atoms with Crippen LogP contribution in [0.5, 0.6) is 0 Å². The van der Waals surface area contributed by atoms with Crippen LogP contribution in [0.4, 0.5) is 0 Å². The smallest absolute Gasteiger partial charge is 0.109 e. The number of hydrogen-bond acceptors (Lipinski definition) is 3. The highest BCUT2D eigenvalue weighted by Crippen LogP contribution is 2.36. The van der Waals surface area contributed by atoms with E-state index in [1.54, 1.807) is 0 Å². The molecule has 4 heteroatoms. The number of nitrogens with zero attached hydrogens (tertiary/aromatic N) is 3. The number of aromatic nitrogens is 2. The van der Waals surface area contributed by atoms with Gasteiger partial charge >= 0.3 is 0 Å². The van der Waals surface area contributed by atoms with Gasteiger partial charge in [-0.05, 0) is 33.4 Å². The number of aryl methyl sites for hydroxylation is 1. The van der Waals surface area contributed by atoms with E-state index in [9.17, 15) is 0 Å². The van der Waals surface area contributed by atoms with Crippen molar-refractivity contribution in [1.82, 2.24) is 19.8 Å². The first-order chi connectivity index (χ1) is 10.2. The fourth-order valence-electron chi connectivity index (χ4n) is 4.10. The van der Waals surface area contributed by atoms with Crippen LogP contribution in [0.2, 0.25) is 0 Å². The maximum atomic E-state index is 4.95. The van der Waals surface area contributed by atoms with E-state index < -0.39 is 0 Å². The van der Waals surface area contributed by atoms with Crippen molar-refractivity contribution >= 4 is 0 Å². The van der Waals surface area contributed by atoms with E-state index in [1.165, 1.54) is 49.3 Å². The maximum absolute atomic E-state index is 4.95. The Kier molecular flexibility index (Phi) is 4.36. The molecular weight excluding hydrogens is 260 g/mol. The Labute approximate surface area is 128 Å². The van der Waals surface area contributed by atoms with Gasteiger partial charge in [0.2, 0.25) is 0 Å². The van der Waals surface area contributed by atoms with Crippen LogP contribution in [0.15, 0.2) is 0 Å². The van der Waals surface area contributed by atoms with E-state index in [-0.39, 0.29) is 0 Å². The van der Waals surface area contributed by atoms with Crippen LogP contribution in [-0.2, 0) is 25.9 Å². The van der Waals surface area contributed by atoms with Crippen LogP contribution in [0.1, 0.15) is 56.2 Å². The molecule has 1 aromatic heterocycles. The van der Waals surface area contributed by atoms with Crippen molar-refractivity contribution in [3.05, 3.63) is 17.2 Å². The maximum Gasteiger partial charge on any atom is 0.109 e. The molecule has 1 N–H and O–H groups in total.